The Morgan fingerprint density at radius 1 is 1.10 bits per heavy atom. The molecular formula is C24H25ClN4O. The van der Waals surface area contributed by atoms with Crippen molar-refractivity contribution in [3.05, 3.63) is 76.8 Å². The molecule has 30 heavy (non-hydrogen) atoms. The zero-order valence-electron chi connectivity index (χ0n) is 17.0. The van der Waals surface area contributed by atoms with E-state index in [4.69, 9.17) is 11.6 Å². The molecule has 1 amide bonds. The van der Waals surface area contributed by atoms with E-state index >= 15 is 0 Å². The maximum Gasteiger partial charge on any atom is 0.225 e. The molecule has 1 aliphatic rings. The van der Waals surface area contributed by atoms with Gasteiger partial charge < -0.3 is 10.2 Å². The summed E-state index contributed by atoms with van der Waals surface area (Å²) >= 11 is 5.92. The van der Waals surface area contributed by atoms with Crippen LogP contribution >= 0.6 is 11.6 Å². The number of nitrogens with zero attached hydrogens (tertiary/aromatic N) is 3. The van der Waals surface area contributed by atoms with Crippen molar-refractivity contribution < 1.29 is 4.79 Å². The van der Waals surface area contributed by atoms with Gasteiger partial charge in [0.2, 0.25) is 5.91 Å². The Labute approximate surface area is 182 Å². The first-order chi connectivity index (χ1) is 14.6. The van der Waals surface area contributed by atoms with Crippen molar-refractivity contribution in [2.45, 2.75) is 26.3 Å². The molecule has 6 heteroatoms. The minimum Gasteiger partial charge on any atom is -0.354 e. The van der Waals surface area contributed by atoms with Crippen molar-refractivity contribution in [2.75, 3.05) is 18.0 Å². The molecule has 5 nitrogen and oxygen atoms in total. The molecule has 2 heterocycles. The number of aromatic nitrogens is 2. The average molecular weight is 421 g/mol. The first kappa shape index (κ1) is 20.4. The summed E-state index contributed by atoms with van der Waals surface area (Å²) in [5, 5.41) is 12.6. The summed E-state index contributed by atoms with van der Waals surface area (Å²) in [6.45, 7) is 4.13. The Morgan fingerprint density at radius 3 is 2.63 bits per heavy atom. The van der Waals surface area contributed by atoms with Gasteiger partial charge in [-0.15, -0.1) is 10.2 Å². The van der Waals surface area contributed by atoms with Gasteiger partial charge in [-0.2, -0.15) is 0 Å². The van der Waals surface area contributed by atoms with Gasteiger partial charge in [0.25, 0.3) is 0 Å². The number of aryl methyl sites for hydroxylation is 1. The molecule has 3 aromatic rings. The van der Waals surface area contributed by atoms with E-state index in [0.717, 1.165) is 42.0 Å². The number of hydrogen-bond acceptors (Lipinski definition) is 4. The number of benzene rings is 2. The van der Waals surface area contributed by atoms with Crippen molar-refractivity contribution in [1.29, 1.82) is 0 Å². The lowest BCUT2D eigenvalue weighted by Gasteiger charge is -2.32. The summed E-state index contributed by atoms with van der Waals surface area (Å²) in [4.78, 5) is 14.8. The highest BCUT2D eigenvalue weighted by molar-refractivity contribution is 6.30. The van der Waals surface area contributed by atoms with Gasteiger partial charge in [0.15, 0.2) is 5.82 Å². The monoisotopic (exact) mass is 420 g/mol. The van der Waals surface area contributed by atoms with Gasteiger partial charge >= 0.3 is 0 Å². The van der Waals surface area contributed by atoms with Crippen LogP contribution in [0, 0.1) is 12.8 Å². The number of carbonyl (C=O) groups is 1. The minimum atomic E-state index is -0.0519. The fraction of sp³-hybridized carbons (Fsp3) is 0.292. The van der Waals surface area contributed by atoms with Crippen molar-refractivity contribution in [3.63, 3.8) is 0 Å². The Hall–Kier alpha value is -2.92. The van der Waals surface area contributed by atoms with Crippen LogP contribution in [0.15, 0.2) is 60.7 Å². The summed E-state index contributed by atoms with van der Waals surface area (Å²) in [5.74, 6) is 0.852. The highest BCUT2D eigenvalue weighted by Crippen LogP contribution is 2.25. The van der Waals surface area contributed by atoms with Gasteiger partial charge in [0, 0.05) is 30.2 Å². The van der Waals surface area contributed by atoms with Crippen LogP contribution in [-0.4, -0.2) is 29.2 Å². The maximum atomic E-state index is 12.7. The van der Waals surface area contributed by atoms with Crippen molar-refractivity contribution >= 4 is 23.3 Å². The molecule has 1 N–H and O–H groups in total. The van der Waals surface area contributed by atoms with Gasteiger partial charge in [-0.1, -0.05) is 48.0 Å². The van der Waals surface area contributed by atoms with E-state index in [2.05, 4.69) is 39.5 Å². The molecule has 0 radical (unpaired) electrons. The summed E-state index contributed by atoms with van der Waals surface area (Å²) in [6, 6.07) is 19.7. The smallest absolute Gasteiger partial charge is 0.225 e. The third-order valence-corrected chi connectivity index (χ3v) is 5.82. The van der Waals surface area contributed by atoms with Crippen LogP contribution < -0.4 is 10.2 Å². The fourth-order valence-corrected chi connectivity index (χ4v) is 3.96. The Bertz CT molecular complexity index is 1000. The van der Waals surface area contributed by atoms with Gasteiger partial charge in [-0.3, -0.25) is 4.79 Å². The molecule has 0 aliphatic carbocycles. The molecule has 1 fully saturated rings. The molecule has 2 aromatic carbocycles. The second-order valence-electron chi connectivity index (χ2n) is 7.72. The van der Waals surface area contributed by atoms with E-state index in [1.807, 2.05) is 48.5 Å². The molecule has 0 bridgehead atoms. The van der Waals surface area contributed by atoms with Crippen LogP contribution in [0.4, 0.5) is 5.82 Å². The topological polar surface area (TPSA) is 58.1 Å². The summed E-state index contributed by atoms with van der Waals surface area (Å²) < 4.78 is 0. The Kier molecular flexibility index (Phi) is 6.29. The molecule has 0 unspecified atom stereocenters. The second kappa shape index (κ2) is 9.26. The van der Waals surface area contributed by atoms with Crippen molar-refractivity contribution in [1.82, 2.24) is 15.5 Å². The number of piperidine rings is 1. The maximum absolute atomic E-state index is 12.7. The molecule has 1 saturated heterocycles. The molecule has 0 saturated carbocycles. The SMILES string of the molecule is Cc1ccccc1-c1ccc(N2CCC[C@@H](C(=O)NCc3ccc(Cl)cc3)C2)nn1. The summed E-state index contributed by atoms with van der Waals surface area (Å²) in [7, 11) is 0. The quantitative estimate of drug-likeness (QED) is 0.653. The van der Waals surface area contributed by atoms with Gasteiger partial charge in [0.1, 0.15) is 0 Å². The highest BCUT2D eigenvalue weighted by Gasteiger charge is 2.26. The van der Waals surface area contributed by atoms with Crippen molar-refractivity contribution in [3.8, 4) is 11.3 Å². The first-order valence-corrected chi connectivity index (χ1v) is 10.6. The molecule has 154 valence electrons. The van der Waals surface area contributed by atoms with E-state index < -0.39 is 0 Å². The van der Waals surface area contributed by atoms with E-state index in [0.29, 0.717) is 18.1 Å². The predicted octanol–water partition coefficient (Wildman–Crippen LogP) is 4.64. The number of halogens is 1. The number of rotatable bonds is 5. The van der Waals surface area contributed by atoms with Crippen LogP contribution in [0.25, 0.3) is 11.3 Å². The van der Waals surface area contributed by atoms with Crippen LogP contribution in [0.1, 0.15) is 24.0 Å². The van der Waals surface area contributed by atoms with E-state index in [9.17, 15) is 4.79 Å². The third-order valence-electron chi connectivity index (χ3n) is 5.57. The standard InChI is InChI=1S/C24H25ClN4O/c1-17-5-2-3-7-21(17)22-12-13-23(28-27-22)29-14-4-6-19(16-29)24(30)26-15-18-8-10-20(25)11-9-18/h2-3,5,7-13,19H,4,6,14-16H2,1H3,(H,26,30)/t19-/m1/s1. The lowest BCUT2D eigenvalue weighted by Crippen LogP contribution is -2.43. The normalized spacial score (nSPS) is 16.3. The number of anilines is 1. The molecular weight excluding hydrogens is 396 g/mol. The van der Waals surface area contributed by atoms with E-state index in [1.165, 1.54) is 5.56 Å². The van der Waals surface area contributed by atoms with Gasteiger partial charge in [0.05, 0.1) is 11.6 Å². The zero-order chi connectivity index (χ0) is 20.9. The first-order valence-electron chi connectivity index (χ1n) is 10.3. The predicted molar refractivity (Wildman–Crippen MR) is 120 cm³/mol. The van der Waals surface area contributed by atoms with Crippen LogP contribution in [0.2, 0.25) is 5.02 Å². The third kappa shape index (κ3) is 4.79. The number of amides is 1. The summed E-state index contributed by atoms with van der Waals surface area (Å²) in [6.07, 6.45) is 1.85. The Morgan fingerprint density at radius 2 is 1.90 bits per heavy atom. The lowest BCUT2D eigenvalue weighted by atomic mass is 9.97. The molecule has 1 atom stereocenters. The van der Waals surface area contributed by atoms with Gasteiger partial charge in [-0.25, -0.2) is 0 Å². The lowest BCUT2D eigenvalue weighted by molar-refractivity contribution is -0.125. The van der Waals surface area contributed by atoms with Gasteiger partial charge in [-0.05, 0) is 55.2 Å². The number of nitrogens with one attached hydrogen (secondary N) is 1. The second-order valence-corrected chi connectivity index (χ2v) is 8.16. The van der Waals surface area contributed by atoms with Crippen molar-refractivity contribution in [2.24, 2.45) is 5.92 Å². The van der Waals surface area contributed by atoms with E-state index in [1.54, 1.807) is 0 Å². The average Bonchev–Trinajstić information content (AvgIpc) is 2.79. The molecule has 4 rings (SSSR count). The highest BCUT2D eigenvalue weighted by atomic mass is 35.5. The molecule has 0 spiro atoms. The minimum absolute atomic E-state index is 0.0519. The number of carbonyl (C=O) groups excluding carboxylic acids is 1. The van der Waals surface area contributed by atoms with Crippen LogP contribution in [-0.2, 0) is 11.3 Å². The molecule has 1 aromatic heterocycles. The Balaban J connectivity index is 1.38. The fourth-order valence-electron chi connectivity index (χ4n) is 3.83. The van der Waals surface area contributed by atoms with Crippen LogP contribution in [0.3, 0.4) is 0 Å². The number of hydrogen-bond donors (Lipinski definition) is 1. The zero-order valence-corrected chi connectivity index (χ0v) is 17.8. The molecule has 1 aliphatic heterocycles. The van der Waals surface area contributed by atoms with E-state index in [-0.39, 0.29) is 11.8 Å². The summed E-state index contributed by atoms with van der Waals surface area (Å²) in [5.41, 5.74) is 4.17. The largest absolute Gasteiger partial charge is 0.354 e. The van der Waals surface area contributed by atoms with Crippen LogP contribution in [0.5, 0.6) is 0 Å².